The molecular formula is C12H19ClN2O4S2. The summed E-state index contributed by atoms with van der Waals surface area (Å²) < 4.78 is 49.8. The van der Waals surface area contributed by atoms with Gasteiger partial charge in [0.05, 0.1) is 15.5 Å². The monoisotopic (exact) mass is 354 g/mol. The predicted molar refractivity (Wildman–Crippen MR) is 82.8 cm³/mol. The molecule has 1 saturated heterocycles. The number of nitrogens with two attached hydrogens (primary N) is 1. The zero-order valence-corrected chi connectivity index (χ0v) is 14.0. The molecule has 1 heterocycles. The van der Waals surface area contributed by atoms with Gasteiger partial charge in [-0.05, 0) is 24.6 Å². The Morgan fingerprint density at radius 2 is 1.86 bits per heavy atom. The topological polar surface area (TPSA) is 97.5 Å². The summed E-state index contributed by atoms with van der Waals surface area (Å²) in [6.07, 6.45) is 0.617. The van der Waals surface area contributed by atoms with Gasteiger partial charge in [-0.1, -0.05) is 13.0 Å². The molecule has 6 nitrogen and oxygen atoms in total. The summed E-state index contributed by atoms with van der Waals surface area (Å²) in [6, 6.07) is 5.33. The van der Waals surface area contributed by atoms with Gasteiger partial charge in [-0.3, -0.25) is 0 Å². The third-order valence-electron chi connectivity index (χ3n) is 3.37. The Morgan fingerprint density at radius 3 is 2.38 bits per heavy atom. The van der Waals surface area contributed by atoms with Crippen LogP contribution in [-0.4, -0.2) is 46.0 Å². The van der Waals surface area contributed by atoms with E-state index in [9.17, 15) is 16.8 Å². The Kier molecular flexibility index (Phi) is 5.79. The molecule has 0 saturated carbocycles. The Morgan fingerprint density at radius 1 is 1.24 bits per heavy atom. The van der Waals surface area contributed by atoms with Crippen LogP contribution in [0, 0.1) is 0 Å². The molecule has 1 fully saturated rings. The number of nitrogens with zero attached hydrogens (tertiary/aromatic N) is 1. The minimum Gasteiger partial charge on any atom is -0.326 e. The Hall–Kier alpha value is -0.670. The van der Waals surface area contributed by atoms with Crippen molar-refractivity contribution in [2.24, 2.45) is 5.73 Å². The highest BCUT2D eigenvalue weighted by Crippen LogP contribution is 2.23. The molecule has 120 valence electrons. The smallest absolute Gasteiger partial charge is 0.243 e. The standard InChI is InChI=1S/C12H18N2O4S2.ClH/c1-2-19(15,16)11-4-3-5-12(8-11)20(17,18)14-7-6-10(13)9-14;/h3-5,8,10H,2,6-7,9,13H2,1H3;1H/t10-;/m0./s1. The number of hydrogen-bond acceptors (Lipinski definition) is 5. The van der Waals surface area contributed by atoms with Gasteiger partial charge in [-0.2, -0.15) is 4.31 Å². The van der Waals surface area contributed by atoms with Crippen LogP contribution in [0.3, 0.4) is 0 Å². The van der Waals surface area contributed by atoms with Gasteiger partial charge in [0.15, 0.2) is 9.84 Å². The van der Waals surface area contributed by atoms with E-state index < -0.39 is 19.9 Å². The van der Waals surface area contributed by atoms with Crippen molar-refractivity contribution in [1.82, 2.24) is 4.31 Å². The van der Waals surface area contributed by atoms with Gasteiger partial charge in [0.25, 0.3) is 0 Å². The summed E-state index contributed by atoms with van der Waals surface area (Å²) in [5, 5.41) is 0. The molecule has 0 aromatic heterocycles. The molecule has 2 rings (SSSR count). The number of halogens is 1. The zero-order valence-electron chi connectivity index (χ0n) is 11.6. The molecule has 0 bridgehead atoms. The maximum absolute atomic E-state index is 12.4. The fraction of sp³-hybridized carbons (Fsp3) is 0.500. The second-order valence-corrected chi connectivity index (χ2v) is 9.01. The average Bonchev–Trinajstić information content (AvgIpc) is 2.86. The van der Waals surface area contributed by atoms with Crippen molar-refractivity contribution in [3.05, 3.63) is 24.3 Å². The van der Waals surface area contributed by atoms with Gasteiger partial charge in [0, 0.05) is 19.1 Å². The number of benzene rings is 1. The predicted octanol–water partition coefficient (Wildman–Crippen LogP) is 0.624. The molecule has 2 N–H and O–H groups in total. The van der Waals surface area contributed by atoms with Gasteiger partial charge >= 0.3 is 0 Å². The van der Waals surface area contributed by atoms with Gasteiger partial charge in [-0.15, -0.1) is 12.4 Å². The lowest BCUT2D eigenvalue weighted by atomic mass is 10.3. The van der Waals surface area contributed by atoms with Crippen LogP contribution in [0.1, 0.15) is 13.3 Å². The van der Waals surface area contributed by atoms with Gasteiger partial charge < -0.3 is 5.73 Å². The van der Waals surface area contributed by atoms with Crippen LogP contribution in [0.5, 0.6) is 0 Å². The Balaban J connectivity index is 0.00000220. The SMILES string of the molecule is CCS(=O)(=O)c1cccc(S(=O)(=O)N2CC[C@H](N)C2)c1.Cl. The van der Waals surface area contributed by atoms with Crippen molar-refractivity contribution in [3.8, 4) is 0 Å². The minimum absolute atomic E-state index is 0. The summed E-state index contributed by atoms with van der Waals surface area (Å²) in [7, 11) is -7.10. The summed E-state index contributed by atoms with van der Waals surface area (Å²) in [5.74, 6) is -0.0644. The lowest BCUT2D eigenvalue weighted by Gasteiger charge is -2.16. The molecule has 1 atom stereocenters. The second-order valence-electron chi connectivity index (χ2n) is 4.79. The van der Waals surface area contributed by atoms with Crippen LogP contribution in [0.4, 0.5) is 0 Å². The first kappa shape index (κ1) is 18.4. The van der Waals surface area contributed by atoms with E-state index in [0.29, 0.717) is 13.0 Å². The lowest BCUT2D eigenvalue weighted by molar-refractivity contribution is 0.472. The van der Waals surface area contributed by atoms with Crippen molar-refractivity contribution >= 4 is 32.3 Å². The van der Waals surface area contributed by atoms with Crippen LogP contribution in [-0.2, 0) is 19.9 Å². The summed E-state index contributed by atoms with van der Waals surface area (Å²) in [4.78, 5) is 0.0331. The van der Waals surface area contributed by atoms with E-state index in [-0.39, 0.29) is 40.5 Å². The maximum atomic E-state index is 12.4. The molecule has 1 aliphatic heterocycles. The van der Waals surface area contributed by atoms with E-state index >= 15 is 0 Å². The normalized spacial score (nSPS) is 20.2. The molecule has 0 aliphatic carbocycles. The van der Waals surface area contributed by atoms with Gasteiger partial charge in [0.1, 0.15) is 0 Å². The van der Waals surface area contributed by atoms with E-state index in [1.165, 1.54) is 35.5 Å². The molecule has 0 spiro atoms. The second kappa shape index (κ2) is 6.62. The maximum Gasteiger partial charge on any atom is 0.243 e. The fourth-order valence-electron chi connectivity index (χ4n) is 2.12. The molecule has 21 heavy (non-hydrogen) atoms. The van der Waals surface area contributed by atoms with Crippen LogP contribution in [0.15, 0.2) is 34.1 Å². The zero-order chi connectivity index (χ0) is 15.0. The van der Waals surface area contributed by atoms with E-state index in [2.05, 4.69) is 0 Å². The highest BCUT2D eigenvalue weighted by Gasteiger charge is 2.31. The van der Waals surface area contributed by atoms with Gasteiger partial charge in [0.2, 0.25) is 10.0 Å². The molecule has 0 unspecified atom stereocenters. The lowest BCUT2D eigenvalue weighted by Crippen LogP contribution is -2.32. The summed E-state index contributed by atoms with van der Waals surface area (Å²) in [5.41, 5.74) is 5.72. The molecular weight excluding hydrogens is 336 g/mol. The Labute approximate surface area is 131 Å². The van der Waals surface area contributed by atoms with Crippen molar-refractivity contribution < 1.29 is 16.8 Å². The van der Waals surface area contributed by atoms with Crippen LogP contribution < -0.4 is 5.73 Å². The number of hydrogen-bond donors (Lipinski definition) is 1. The highest BCUT2D eigenvalue weighted by molar-refractivity contribution is 7.91. The number of rotatable bonds is 4. The van der Waals surface area contributed by atoms with Crippen LogP contribution in [0.25, 0.3) is 0 Å². The van der Waals surface area contributed by atoms with E-state index in [4.69, 9.17) is 5.73 Å². The van der Waals surface area contributed by atoms with Crippen LogP contribution in [0.2, 0.25) is 0 Å². The fourth-order valence-corrected chi connectivity index (χ4v) is 4.67. The molecule has 0 radical (unpaired) electrons. The quantitative estimate of drug-likeness (QED) is 0.854. The third-order valence-corrected chi connectivity index (χ3v) is 6.96. The first-order valence-electron chi connectivity index (χ1n) is 6.36. The largest absolute Gasteiger partial charge is 0.326 e. The minimum atomic E-state index is -3.67. The van der Waals surface area contributed by atoms with Crippen LogP contribution >= 0.6 is 12.4 Å². The third kappa shape index (κ3) is 3.75. The summed E-state index contributed by atoms with van der Waals surface area (Å²) >= 11 is 0. The molecule has 1 aliphatic rings. The summed E-state index contributed by atoms with van der Waals surface area (Å²) in [6.45, 7) is 2.16. The van der Waals surface area contributed by atoms with Crippen molar-refractivity contribution in [2.45, 2.75) is 29.2 Å². The van der Waals surface area contributed by atoms with Crippen molar-refractivity contribution in [1.29, 1.82) is 0 Å². The molecule has 1 aromatic carbocycles. The molecule has 9 heteroatoms. The van der Waals surface area contributed by atoms with E-state index in [0.717, 1.165) is 0 Å². The highest BCUT2D eigenvalue weighted by atomic mass is 35.5. The van der Waals surface area contributed by atoms with E-state index in [1.54, 1.807) is 0 Å². The first-order valence-corrected chi connectivity index (χ1v) is 9.45. The average molecular weight is 355 g/mol. The van der Waals surface area contributed by atoms with Crippen molar-refractivity contribution in [3.63, 3.8) is 0 Å². The molecule has 1 aromatic rings. The van der Waals surface area contributed by atoms with Crippen molar-refractivity contribution in [2.75, 3.05) is 18.8 Å². The number of sulfonamides is 1. The molecule has 0 amide bonds. The van der Waals surface area contributed by atoms with E-state index in [1.807, 2.05) is 0 Å². The first-order chi connectivity index (χ1) is 9.27. The number of sulfone groups is 1. The van der Waals surface area contributed by atoms with Gasteiger partial charge in [-0.25, -0.2) is 16.8 Å². The Bertz CT molecular complexity index is 704.